The average Bonchev–Trinajstić information content (AvgIpc) is 2.71. The molecule has 0 aliphatic carbocycles. The number of benzene rings is 2. The Bertz CT molecular complexity index is 636. The number of aliphatic hydroxyl groups excluding tert-OH is 1. The average molecular weight is 434 g/mol. The van der Waals surface area contributed by atoms with Gasteiger partial charge in [0, 0.05) is 24.0 Å². The van der Waals surface area contributed by atoms with Crippen molar-refractivity contribution < 1.29 is 14.6 Å². The Labute approximate surface area is 170 Å². The third kappa shape index (κ3) is 7.00. The van der Waals surface area contributed by atoms with Crippen LogP contribution in [0.15, 0.2) is 65.1 Å². The first-order chi connectivity index (χ1) is 13.2. The molecule has 1 unspecified atom stereocenters. The summed E-state index contributed by atoms with van der Waals surface area (Å²) in [7, 11) is 0. The van der Waals surface area contributed by atoms with Crippen LogP contribution in [0, 0.1) is 0 Å². The summed E-state index contributed by atoms with van der Waals surface area (Å²) in [6, 6.07) is 20.1. The normalized spacial score (nSPS) is 17.5. The second-order valence-electron chi connectivity index (χ2n) is 6.48. The van der Waals surface area contributed by atoms with Crippen molar-refractivity contribution in [1.82, 2.24) is 4.90 Å². The van der Waals surface area contributed by atoms with Crippen molar-refractivity contribution in [2.45, 2.75) is 44.8 Å². The smallest absolute Gasteiger partial charge is 0.410 e. The molecule has 1 aliphatic rings. The molecule has 1 saturated heterocycles. The second kappa shape index (κ2) is 11.8. The van der Waals surface area contributed by atoms with Gasteiger partial charge in [-0.15, -0.1) is 0 Å². The molecule has 27 heavy (non-hydrogen) atoms. The van der Waals surface area contributed by atoms with E-state index >= 15 is 0 Å². The predicted molar refractivity (Wildman–Crippen MR) is 112 cm³/mol. The zero-order valence-electron chi connectivity index (χ0n) is 15.8. The lowest BCUT2D eigenvalue weighted by Gasteiger charge is -2.37. The maximum Gasteiger partial charge on any atom is 0.410 e. The maximum atomic E-state index is 12.2. The highest BCUT2D eigenvalue weighted by Gasteiger charge is 2.31. The van der Waals surface area contributed by atoms with Crippen LogP contribution >= 0.6 is 15.9 Å². The number of nitrogens with zero attached hydrogens (tertiary/aromatic N) is 1. The lowest BCUT2D eigenvalue weighted by molar-refractivity contribution is 0.00467. The quantitative estimate of drug-likeness (QED) is 0.647. The third-order valence-electron chi connectivity index (χ3n) is 4.56. The minimum atomic E-state index is -0.237. The van der Waals surface area contributed by atoms with Gasteiger partial charge in [-0.1, -0.05) is 71.4 Å². The number of hydrogen-bond acceptors (Lipinski definition) is 3. The Kier molecular flexibility index (Phi) is 9.36. The Morgan fingerprint density at radius 2 is 1.74 bits per heavy atom. The highest BCUT2D eigenvalue weighted by atomic mass is 79.9. The van der Waals surface area contributed by atoms with Gasteiger partial charge < -0.3 is 14.7 Å². The van der Waals surface area contributed by atoms with Crippen LogP contribution in [0.3, 0.4) is 0 Å². The zero-order valence-corrected chi connectivity index (χ0v) is 17.3. The van der Waals surface area contributed by atoms with Crippen LogP contribution in [-0.4, -0.2) is 35.4 Å². The van der Waals surface area contributed by atoms with E-state index in [0.717, 1.165) is 29.3 Å². The van der Waals surface area contributed by atoms with Crippen molar-refractivity contribution >= 4 is 22.0 Å². The number of carbonyl (C=O) groups is 1. The molecule has 0 saturated carbocycles. The summed E-state index contributed by atoms with van der Waals surface area (Å²) < 4.78 is 6.53. The Hall–Kier alpha value is -1.85. The molecule has 146 valence electrons. The molecule has 2 aromatic rings. The highest BCUT2D eigenvalue weighted by Crippen LogP contribution is 2.29. The summed E-state index contributed by atoms with van der Waals surface area (Å²) in [5, 5.41) is 8.86. The van der Waals surface area contributed by atoms with Crippen molar-refractivity contribution in [1.29, 1.82) is 0 Å². The van der Waals surface area contributed by atoms with Crippen molar-refractivity contribution in [2.24, 2.45) is 0 Å². The second-order valence-corrected chi connectivity index (χ2v) is 7.40. The number of halogens is 1. The molecule has 3 rings (SSSR count). The van der Waals surface area contributed by atoms with E-state index < -0.39 is 0 Å². The molecular weight excluding hydrogens is 406 g/mol. The molecule has 1 aliphatic heterocycles. The van der Waals surface area contributed by atoms with Gasteiger partial charge in [-0.3, -0.25) is 0 Å². The number of hydrogen-bond donors (Lipinski definition) is 1. The number of ether oxygens (including phenoxy) is 1. The van der Waals surface area contributed by atoms with Crippen LogP contribution in [0.5, 0.6) is 0 Å². The van der Waals surface area contributed by atoms with Gasteiger partial charge in [0.1, 0.15) is 6.10 Å². The minimum absolute atomic E-state index is 0.0525. The monoisotopic (exact) mass is 433 g/mol. The highest BCUT2D eigenvalue weighted by molar-refractivity contribution is 9.10. The van der Waals surface area contributed by atoms with Crippen molar-refractivity contribution in [3.05, 3.63) is 70.7 Å². The van der Waals surface area contributed by atoms with Gasteiger partial charge in [0.2, 0.25) is 0 Å². The zero-order chi connectivity index (χ0) is 19.5. The fourth-order valence-electron chi connectivity index (χ4n) is 3.15. The van der Waals surface area contributed by atoms with E-state index in [2.05, 4.69) is 22.9 Å². The summed E-state index contributed by atoms with van der Waals surface area (Å²) in [6.45, 7) is 2.94. The Morgan fingerprint density at radius 1 is 1.15 bits per heavy atom. The molecule has 2 atom stereocenters. The topological polar surface area (TPSA) is 49.8 Å². The fraction of sp³-hybridized carbons (Fsp3) is 0.409. The van der Waals surface area contributed by atoms with Crippen LogP contribution < -0.4 is 0 Å². The van der Waals surface area contributed by atoms with E-state index in [1.165, 1.54) is 0 Å². The number of amides is 1. The van der Waals surface area contributed by atoms with E-state index in [0.29, 0.717) is 13.0 Å². The van der Waals surface area contributed by atoms with E-state index in [4.69, 9.17) is 9.84 Å². The summed E-state index contributed by atoms with van der Waals surface area (Å²) in [4.78, 5) is 14.1. The molecule has 2 aromatic carbocycles. The third-order valence-corrected chi connectivity index (χ3v) is 5.09. The lowest BCUT2D eigenvalue weighted by Crippen LogP contribution is -2.43. The first kappa shape index (κ1) is 21.5. The molecular formula is C22H28BrNO3. The largest absolute Gasteiger partial charge is 0.446 e. The number of cyclic esters (lactones) is 1. The van der Waals surface area contributed by atoms with Crippen LogP contribution in [0.25, 0.3) is 0 Å². The van der Waals surface area contributed by atoms with Crippen molar-refractivity contribution in [2.75, 3.05) is 13.2 Å². The van der Waals surface area contributed by atoms with Gasteiger partial charge in [0.15, 0.2) is 0 Å². The molecule has 1 heterocycles. The molecule has 0 radical (unpaired) electrons. The molecule has 4 nitrogen and oxygen atoms in total. The molecule has 0 spiro atoms. The van der Waals surface area contributed by atoms with Gasteiger partial charge in [0.05, 0.1) is 6.04 Å². The summed E-state index contributed by atoms with van der Waals surface area (Å²) >= 11 is 3.43. The van der Waals surface area contributed by atoms with Gasteiger partial charge >= 0.3 is 6.09 Å². The Balaban J connectivity index is 0.000000369. The first-order valence-electron chi connectivity index (χ1n) is 9.49. The van der Waals surface area contributed by atoms with E-state index in [9.17, 15) is 4.79 Å². The molecule has 1 N–H and O–H groups in total. The van der Waals surface area contributed by atoms with Gasteiger partial charge in [-0.05, 0) is 37.0 Å². The SMILES string of the molecule is CC[C@@H](c1ccc(Br)cc1)N1CCC(CCCO)OC1=O.c1ccccc1. The van der Waals surface area contributed by atoms with Crippen LogP contribution in [-0.2, 0) is 4.74 Å². The Morgan fingerprint density at radius 3 is 2.22 bits per heavy atom. The van der Waals surface area contributed by atoms with Crippen molar-refractivity contribution in [3.8, 4) is 0 Å². The van der Waals surface area contributed by atoms with Gasteiger partial charge in [-0.25, -0.2) is 4.79 Å². The van der Waals surface area contributed by atoms with Crippen LogP contribution in [0.4, 0.5) is 4.79 Å². The standard InChI is InChI=1S/C16H22BrNO3.C6H6/c1-2-15(12-5-7-13(17)8-6-12)18-10-9-14(4-3-11-19)21-16(18)20;1-2-4-6-5-3-1/h5-8,14-15,19H,2-4,9-11H2,1H3;1-6H/t14?,15-;/m0./s1. The molecule has 1 fully saturated rings. The number of rotatable bonds is 6. The van der Waals surface area contributed by atoms with E-state index in [-0.39, 0.29) is 24.8 Å². The fourth-order valence-corrected chi connectivity index (χ4v) is 3.42. The summed E-state index contributed by atoms with van der Waals surface area (Å²) in [5.41, 5.74) is 1.13. The minimum Gasteiger partial charge on any atom is -0.446 e. The van der Waals surface area contributed by atoms with Gasteiger partial charge in [0.25, 0.3) is 0 Å². The predicted octanol–water partition coefficient (Wildman–Crippen LogP) is 5.57. The molecule has 5 heteroatoms. The van der Waals surface area contributed by atoms with E-state index in [1.54, 1.807) is 0 Å². The molecule has 0 bridgehead atoms. The van der Waals surface area contributed by atoms with E-state index in [1.807, 2.05) is 65.6 Å². The van der Waals surface area contributed by atoms with Crippen LogP contribution in [0.1, 0.15) is 44.2 Å². The molecule has 1 amide bonds. The first-order valence-corrected chi connectivity index (χ1v) is 10.3. The number of carbonyl (C=O) groups excluding carboxylic acids is 1. The molecule has 0 aromatic heterocycles. The summed E-state index contributed by atoms with van der Waals surface area (Å²) in [6.07, 6.45) is 2.83. The van der Waals surface area contributed by atoms with Crippen molar-refractivity contribution in [3.63, 3.8) is 0 Å². The van der Waals surface area contributed by atoms with Gasteiger partial charge in [-0.2, -0.15) is 0 Å². The van der Waals surface area contributed by atoms with Crippen LogP contribution in [0.2, 0.25) is 0 Å². The number of aliphatic hydroxyl groups is 1. The lowest BCUT2D eigenvalue weighted by atomic mass is 10.0. The summed E-state index contributed by atoms with van der Waals surface area (Å²) in [5.74, 6) is 0. The maximum absolute atomic E-state index is 12.2.